The van der Waals surface area contributed by atoms with Crippen LogP contribution in [0.15, 0.2) is 48.5 Å². The van der Waals surface area contributed by atoms with Crippen LogP contribution in [0.25, 0.3) is 22.5 Å². The summed E-state index contributed by atoms with van der Waals surface area (Å²) in [5.74, 6) is -0.0714. The van der Waals surface area contributed by atoms with E-state index in [0.717, 1.165) is 41.9 Å². The van der Waals surface area contributed by atoms with Gasteiger partial charge >= 0.3 is 5.97 Å². The lowest BCUT2D eigenvalue weighted by Gasteiger charge is -2.11. The van der Waals surface area contributed by atoms with Crippen molar-refractivity contribution in [2.45, 2.75) is 40.2 Å². The molecule has 0 aliphatic carbocycles. The SMILES string of the molecule is CCCc1ccc(OCC(=O)O)c(-c2cc(-c3ccc(Cl)cc3)n(CC(C)C)n2)c1. The van der Waals surface area contributed by atoms with Gasteiger partial charge in [-0.15, -0.1) is 0 Å². The number of hydrogen-bond donors (Lipinski definition) is 1. The number of ether oxygens (including phenoxy) is 1. The quantitative estimate of drug-likeness (QED) is 0.459. The molecule has 1 N–H and O–H groups in total. The standard InChI is InChI=1S/C24H27ClN2O3/c1-4-5-17-6-11-23(30-15-24(28)29)20(12-17)21-13-22(27(26-21)14-16(2)3)18-7-9-19(25)10-8-18/h6-13,16H,4-5,14-15H2,1-3H3,(H,28,29). The molecule has 0 fully saturated rings. The summed E-state index contributed by atoms with van der Waals surface area (Å²) in [4.78, 5) is 11.0. The van der Waals surface area contributed by atoms with E-state index in [2.05, 4.69) is 20.8 Å². The van der Waals surface area contributed by atoms with Crippen molar-refractivity contribution in [3.63, 3.8) is 0 Å². The summed E-state index contributed by atoms with van der Waals surface area (Å²) in [5, 5.41) is 14.6. The van der Waals surface area contributed by atoms with E-state index in [1.165, 1.54) is 5.56 Å². The number of aliphatic carboxylic acids is 1. The van der Waals surface area contributed by atoms with Crippen molar-refractivity contribution in [3.8, 4) is 28.3 Å². The molecule has 2 aromatic carbocycles. The number of carboxylic acids is 1. The number of benzene rings is 2. The van der Waals surface area contributed by atoms with Crippen molar-refractivity contribution in [2.24, 2.45) is 5.92 Å². The Balaban J connectivity index is 2.10. The third-order valence-electron chi connectivity index (χ3n) is 4.67. The number of carboxylic acid groups (broad SMARTS) is 1. The molecule has 0 aliphatic heterocycles. The van der Waals surface area contributed by atoms with Crippen molar-refractivity contribution in [1.29, 1.82) is 0 Å². The van der Waals surface area contributed by atoms with Gasteiger partial charge in [0.1, 0.15) is 5.75 Å². The maximum atomic E-state index is 11.0. The molecule has 0 radical (unpaired) electrons. The zero-order valence-corrected chi connectivity index (χ0v) is 18.3. The van der Waals surface area contributed by atoms with E-state index in [-0.39, 0.29) is 0 Å². The van der Waals surface area contributed by atoms with Crippen LogP contribution in [0, 0.1) is 5.92 Å². The number of halogens is 1. The van der Waals surface area contributed by atoms with Crippen LogP contribution in [-0.2, 0) is 17.8 Å². The molecule has 3 rings (SSSR count). The molecule has 30 heavy (non-hydrogen) atoms. The Morgan fingerprint density at radius 1 is 1.17 bits per heavy atom. The molecule has 5 nitrogen and oxygen atoms in total. The molecule has 1 aromatic heterocycles. The topological polar surface area (TPSA) is 64.3 Å². The minimum atomic E-state index is -1.01. The third kappa shape index (κ3) is 5.42. The van der Waals surface area contributed by atoms with Gasteiger partial charge in [-0.1, -0.05) is 57.0 Å². The average Bonchev–Trinajstić information content (AvgIpc) is 3.10. The molecule has 0 saturated heterocycles. The number of aryl methyl sites for hydroxylation is 1. The van der Waals surface area contributed by atoms with Gasteiger partial charge in [-0.3, -0.25) is 4.68 Å². The summed E-state index contributed by atoms with van der Waals surface area (Å²) in [7, 11) is 0. The van der Waals surface area contributed by atoms with Crippen molar-refractivity contribution in [3.05, 3.63) is 59.1 Å². The van der Waals surface area contributed by atoms with E-state index >= 15 is 0 Å². The van der Waals surface area contributed by atoms with E-state index in [4.69, 9.17) is 26.5 Å². The highest BCUT2D eigenvalue weighted by atomic mass is 35.5. The highest BCUT2D eigenvalue weighted by Gasteiger charge is 2.17. The maximum Gasteiger partial charge on any atom is 0.341 e. The summed E-state index contributed by atoms with van der Waals surface area (Å²) >= 11 is 6.07. The molecule has 0 atom stereocenters. The highest BCUT2D eigenvalue weighted by molar-refractivity contribution is 6.30. The van der Waals surface area contributed by atoms with Crippen LogP contribution in [0.3, 0.4) is 0 Å². The molecule has 0 aliphatic rings. The highest BCUT2D eigenvalue weighted by Crippen LogP contribution is 2.34. The number of rotatable bonds is 9. The molecule has 0 spiro atoms. The average molecular weight is 427 g/mol. The Hall–Kier alpha value is -2.79. The first-order chi connectivity index (χ1) is 14.4. The van der Waals surface area contributed by atoms with Crippen LogP contribution in [0.1, 0.15) is 32.8 Å². The first kappa shape index (κ1) is 21.9. The molecule has 3 aromatic rings. The van der Waals surface area contributed by atoms with Gasteiger partial charge in [-0.05, 0) is 53.8 Å². The van der Waals surface area contributed by atoms with E-state index < -0.39 is 12.6 Å². The van der Waals surface area contributed by atoms with Crippen LogP contribution >= 0.6 is 11.6 Å². The number of nitrogens with zero attached hydrogens (tertiary/aromatic N) is 2. The second-order valence-corrected chi connectivity index (χ2v) is 8.20. The fraction of sp³-hybridized carbons (Fsp3) is 0.333. The predicted molar refractivity (Wildman–Crippen MR) is 120 cm³/mol. The molecule has 1 heterocycles. The fourth-order valence-corrected chi connectivity index (χ4v) is 3.50. The van der Waals surface area contributed by atoms with E-state index in [1.807, 2.05) is 53.2 Å². The molecular formula is C24H27ClN2O3. The largest absolute Gasteiger partial charge is 0.481 e. The normalized spacial score (nSPS) is 11.1. The van der Waals surface area contributed by atoms with E-state index in [0.29, 0.717) is 16.7 Å². The summed E-state index contributed by atoms with van der Waals surface area (Å²) in [6.07, 6.45) is 1.95. The van der Waals surface area contributed by atoms with Crippen LogP contribution in [0.5, 0.6) is 5.75 Å². The van der Waals surface area contributed by atoms with E-state index in [9.17, 15) is 4.79 Å². The smallest absolute Gasteiger partial charge is 0.341 e. The van der Waals surface area contributed by atoms with Crippen molar-refractivity contribution < 1.29 is 14.6 Å². The van der Waals surface area contributed by atoms with Gasteiger partial charge in [-0.2, -0.15) is 5.10 Å². The third-order valence-corrected chi connectivity index (χ3v) is 4.92. The second-order valence-electron chi connectivity index (χ2n) is 7.76. The number of aromatic nitrogens is 2. The van der Waals surface area contributed by atoms with Gasteiger partial charge in [0, 0.05) is 17.1 Å². The summed E-state index contributed by atoms with van der Waals surface area (Å²) in [5.41, 5.74) is 4.75. The lowest BCUT2D eigenvalue weighted by Crippen LogP contribution is -2.10. The second kappa shape index (κ2) is 9.81. The molecule has 0 amide bonds. The lowest BCUT2D eigenvalue weighted by molar-refractivity contribution is -0.139. The van der Waals surface area contributed by atoms with Gasteiger partial charge < -0.3 is 9.84 Å². The van der Waals surface area contributed by atoms with Gasteiger partial charge in [-0.25, -0.2) is 4.79 Å². The van der Waals surface area contributed by atoms with Crippen LogP contribution < -0.4 is 4.74 Å². The number of hydrogen-bond acceptors (Lipinski definition) is 3. The zero-order chi connectivity index (χ0) is 21.7. The van der Waals surface area contributed by atoms with Crippen molar-refractivity contribution >= 4 is 17.6 Å². The Labute approximate surface area is 182 Å². The minimum Gasteiger partial charge on any atom is -0.481 e. The molecule has 0 saturated carbocycles. The Kier molecular flexibility index (Phi) is 7.16. The molecular weight excluding hydrogens is 400 g/mol. The van der Waals surface area contributed by atoms with Gasteiger partial charge in [0.2, 0.25) is 0 Å². The van der Waals surface area contributed by atoms with Gasteiger partial charge in [0.15, 0.2) is 6.61 Å². The monoisotopic (exact) mass is 426 g/mol. The minimum absolute atomic E-state index is 0.392. The zero-order valence-electron chi connectivity index (χ0n) is 17.6. The van der Waals surface area contributed by atoms with Crippen LogP contribution in [0.2, 0.25) is 5.02 Å². The molecule has 0 unspecified atom stereocenters. The van der Waals surface area contributed by atoms with Crippen molar-refractivity contribution in [2.75, 3.05) is 6.61 Å². The van der Waals surface area contributed by atoms with Gasteiger partial charge in [0.25, 0.3) is 0 Å². The summed E-state index contributed by atoms with van der Waals surface area (Å²) in [6.45, 7) is 6.80. The van der Waals surface area contributed by atoms with Crippen molar-refractivity contribution in [1.82, 2.24) is 9.78 Å². The Bertz CT molecular complexity index is 1010. The summed E-state index contributed by atoms with van der Waals surface area (Å²) in [6, 6.07) is 15.6. The van der Waals surface area contributed by atoms with E-state index in [1.54, 1.807) is 0 Å². The van der Waals surface area contributed by atoms with Gasteiger partial charge in [0.05, 0.1) is 11.4 Å². The molecule has 158 valence electrons. The first-order valence-electron chi connectivity index (χ1n) is 10.2. The molecule has 6 heteroatoms. The van der Waals surface area contributed by atoms with Crippen LogP contribution in [0.4, 0.5) is 0 Å². The summed E-state index contributed by atoms with van der Waals surface area (Å²) < 4.78 is 7.57. The fourth-order valence-electron chi connectivity index (χ4n) is 3.37. The predicted octanol–water partition coefficient (Wildman–Crippen LogP) is 5.94. The maximum absolute atomic E-state index is 11.0. The Morgan fingerprint density at radius 3 is 2.53 bits per heavy atom. The Morgan fingerprint density at radius 2 is 1.90 bits per heavy atom. The lowest BCUT2D eigenvalue weighted by atomic mass is 10.0. The molecule has 0 bridgehead atoms. The number of carbonyl (C=O) groups is 1. The van der Waals surface area contributed by atoms with Crippen LogP contribution in [-0.4, -0.2) is 27.5 Å². The first-order valence-corrected chi connectivity index (χ1v) is 10.6.